The maximum atomic E-state index is 5.63. The molecule has 98 valence electrons. The zero-order valence-electron chi connectivity index (χ0n) is 10.5. The van der Waals surface area contributed by atoms with Gasteiger partial charge >= 0.3 is 0 Å². The fourth-order valence-corrected chi connectivity index (χ4v) is 2.35. The van der Waals surface area contributed by atoms with Crippen LogP contribution in [0.5, 0.6) is 5.88 Å². The van der Waals surface area contributed by atoms with Gasteiger partial charge in [0.05, 0.1) is 12.4 Å². The normalized spacial score (nSPS) is 12.4. The highest BCUT2D eigenvalue weighted by atomic mass is 16.5. The number of fused-ring (bicyclic) bond motifs is 3. The number of nitrogens with two attached hydrogens (primary N) is 1. The van der Waals surface area contributed by atoms with Crippen molar-refractivity contribution >= 4 is 5.82 Å². The maximum Gasteiger partial charge on any atom is 0.242 e. The van der Waals surface area contributed by atoms with E-state index in [4.69, 9.17) is 10.5 Å². The van der Waals surface area contributed by atoms with E-state index in [1.807, 2.05) is 18.3 Å². The van der Waals surface area contributed by atoms with Crippen LogP contribution in [-0.4, -0.2) is 20.2 Å². The molecule has 0 saturated carbocycles. The molecule has 6 nitrogen and oxygen atoms in total. The third kappa shape index (κ3) is 1.62. The second kappa shape index (κ2) is 4.06. The van der Waals surface area contributed by atoms with E-state index >= 15 is 0 Å². The van der Waals surface area contributed by atoms with Gasteiger partial charge in [0.15, 0.2) is 0 Å². The van der Waals surface area contributed by atoms with E-state index in [0.717, 1.165) is 27.9 Å². The molecule has 4 rings (SSSR count). The molecule has 0 saturated heterocycles. The number of nitrogen functional groups attached to an aromatic ring is 1. The SMILES string of the molecule is Nc1cnc2c(n1)OCc1cc(-c3cn[nH]c3)ccc1-2. The van der Waals surface area contributed by atoms with Gasteiger partial charge in [-0.05, 0) is 17.2 Å². The Kier molecular flexibility index (Phi) is 2.23. The molecule has 1 aliphatic heterocycles. The number of aromatic amines is 1. The van der Waals surface area contributed by atoms with Crippen LogP contribution < -0.4 is 10.5 Å². The lowest BCUT2D eigenvalue weighted by molar-refractivity contribution is 0.289. The topological polar surface area (TPSA) is 89.7 Å². The molecule has 0 aliphatic carbocycles. The van der Waals surface area contributed by atoms with Crippen molar-refractivity contribution in [1.82, 2.24) is 20.2 Å². The van der Waals surface area contributed by atoms with E-state index in [-0.39, 0.29) is 0 Å². The van der Waals surface area contributed by atoms with Gasteiger partial charge in [-0.15, -0.1) is 0 Å². The Balaban J connectivity index is 1.85. The lowest BCUT2D eigenvalue weighted by Crippen LogP contribution is -2.09. The predicted molar refractivity (Wildman–Crippen MR) is 73.8 cm³/mol. The molecule has 3 N–H and O–H groups in total. The summed E-state index contributed by atoms with van der Waals surface area (Å²) in [4.78, 5) is 8.48. The zero-order valence-corrected chi connectivity index (χ0v) is 10.5. The average molecular weight is 265 g/mol. The molecule has 0 bridgehead atoms. The summed E-state index contributed by atoms with van der Waals surface area (Å²) < 4.78 is 5.63. The summed E-state index contributed by atoms with van der Waals surface area (Å²) in [5, 5.41) is 6.78. The Morgan fingerprint density at radius 2 is 2.15 bits per heavy atom. The number of aromatic nitrogens is 4. The molecular formula is C14H11N5O. The monoisotopic (exact) mass is 265 g/mol. The summed E-state index contributed by atoms with van der Waals surface area (Å²) in [6, 6.07) is 6.15. The molecule has 3 aromatic rings. The number of anilines is 1. The fraction of sp³-hybridized carbons (Fsp3) is 0.0714. The van der Waals surface area contributed by atoms with Crippen molar-refractivity contribution < 1.29 is 4.74 Å². The minimum atomic E-state index is 0.363. The van der Waals surface area contributed by atoms with Crippen molar-refractivity contribution in [2.24, 2.45) is 0 Å². The standard InChI is InChI=1S/C14H11N5O/c15-12-6-16-13-11-2-1-8(10-4-17-18-5-10)3-9(11)7-20-14(13)19-12/h1-6H,7H2,(H2,15,19)(H,17,18). The van der Waals surface area contributed by atoms with Gasteiger partial charge in [-0.1, -0.05) is 12.1 Å². The van der Waals surface area contributed by atoms with E-state index < -0.39 is 0 Å². The molecule has 1 aliphatic rings. The molecule has 6 heteroatoms. The van der Waals surface area contributed by atoms with E-state index in [0.29, 0.717) is 18.3 Å². The molecular weight excluding hydrogens is 254 g/mol. The van der Waals surface area contributed by atoms with Gasteiger partial charge in [0, 0.05) is 17.3 Å². The molecule has 1 aromatic carbocycles. The van der Waals surface area contributed by atoms with Gasteiger partial charge in [-0.3, -0.25) is 5.10 Å². The van der Waals surface area contributed by atoms with Crippen LogP contribution in [0.3, 0.4) is 0 Å². The van der Waals surface area contributed by atoms with Gasteiger partial charge in [0.2, 0.25) is 5.88 Å². The zero-order chi connectivity index (χ0) is 13.5. The van der Waals surface area contributed by atoms with Crippen LogP contribution in [0.2, 0.25) is 0 Å². The predicted octanol–water partition coefficient (Wildman–Crippen LogP) is 2.01. The third-order valence-electron chi connectivity index (χ3n) is 3.32. The minimum absolute atomic E-state index is 0.363. The largest absolute Gasteiger partial charge is 0.471 e. The van der Waals surface area contributed by atoms with Crippen LogP contribution in [0.25, 0.3) is 22.4 Å². The van der Waals surface area contributed by atoms with Crippen LogP contribution in [-0.2, 0) is 6.61 Å². The average Bonchev–Trinajstić information content (AvgIpc) is 3.00. The molecule has 2 aromatic heterocycles. The number of rotatable bonds is 1. The van der Waals surface area contributed by atoms with Crippen LogP contribution in [0.15, 0.2) is 36.8 Å². The first-order chi connectivity index (χ1) is 9.81. The summed E-state index contributed by atoms with van der Waals surface area (Å²) in [7, 11) is 0. The van der Waals surface area contributed by atoms with E-state index in [1.165, 1.54) is 0 Å². The molecule has 20 heavy (non-hydrogen) atoms. The molecule has 0 amide bonds. The third-order valence-corrected chi connectivity index (χ3v) is 3.32. The van der Waals surface area contributed by atoms with Crippen molar-refractivity contribution in [2.75, 3.05) is 5.73 Å². The number of hydrogen-bond donors (Lipinski definition) is 2. The Morgan fingerprint density at radius 3 is 3.00 bits per heavy atom. The van der Waals surface area contributed by atoms with Crippen LogP contribution in [0, 0.1) is 0 Å². The smallest absolute Gasteiger partial charge is 0.242 e. The van der Waals surface area contributed by atoms with Gasteiger partial charge in [0.1, 0.15) is 18.1 Å². The highest BCUT2D eigenvalue weighted by Crippen LogP contribution is 2.36. The van der Waals surface area contributed by atoms with Crippen LogP contribution >= 0.6 is 0 Å². The second-order valence-corrected chi connectivity index (χ2v) is 4.60. The lowest BCUT2D eigenvalue weighted by atomic mass is 9.98. The highest BCUT2D eigenvalue weighted by Gasteiger charge is 2.20. The highest BCUT2D eigenvalue weighted by molar-refractivity contribution is 5.75. The Hall–Kier alpha value is -2.89. The molecule has 0 radical (unpaired) electrons. The van der Waals surface area contributed by atoms with Crippen LogP contribution in [0.1, 0.15) is 5.56 Å². The number of H-pyrrole nitrogens is 1. The summed E-state index contributed by atoms with van der Waals surface area (Å²) in [5.74, 6) is 0.857. The molecule has 0 fully saturated rings. The van der Waals surface area contributed by atoms with E-state index in [1.54, 1.807) is 12.4 Å². The van der Waals surface area contributed by atoms with Gasteiger partial charge < -0.3 is 10.5 Å². The summed E-state index contributed by atoms with van der Waals surface area (Å²) in [5.41, 5.74) is 10.6. The first-order valence-electron chi connectivity index (χ1n) is 6.19. The molecule has 0 unspecified atom stereocenters. The second-order valence-electron chi connectivity index (χ2n) is 4.60. The maximum absolute atomic E-state index is 5.63. The minimum Gasteiger partial charge on any atom is -0.471 e. The molecule has 3 heterocycles. The van der Waals surface area contributed by atoms with Crippen molar-refractivity contribution in [3.8, 4) is 28.3 Å². The van der Waals surface area contributed by atoms with Crippen molar-refractivity contribution in [3.05, 3.63) is 42.4 Å². The number of nitrogens with one attached hydrogen (secondary N) is 1. The van der Waals surface area contributed by atoms with E-state index in [9.17, 15) is 0 Å². The van der Waals surface area contributed by atoms with Crippen molar-refractivity contribution in [2.45, 2.75) is 6.61 Å². The fourth-order valence-electron chi connectivity index (χ4n) is 2.35. The number of nitrogens with zero attached hydrogens (tertiary/aromatic N) is 3. The van der Waals surface area contributed by atoms with Crippen LogP contribution in [0.4, 0.5) is 5.82 Å². The molecule has 0 atom stereocenters. The summed E-state index contributed by atoms with van der Waals surface area (Å²) >= 11 is 0. The Labute approximate surface area is 114 Å². The van der Waals surface area contributed by atoms with E-state index in [2.05, 4.69) is 26.2 Å². The van der Waals surface area contributed by atoms with Crippen molar-refractivity contribution in [3.63, 3.8) is 0 Å². The quantitative estimate of drug-likeness (QED) is 0.702. The Bertz CT molecular complexity index is 782. The number of benzene rings is 1. The molecule has 0 spiro atoms. The Morgan fingerprint density at radius 1 is 1.20 bits per heavy atom. The van der Waals surface area contributed by atoms with Gasteiger partial charge in [-0.25, -0.2) is 4.98 Å². The number of ether oxygens (including phenoxy) is 1. The summed E-state index contributed by atoms with van der Waals surface area (Å²) in [6.45, 7) is 0.464. The van der Waals surface area contributed by atoms with Gasteiger partial charge in [0.25, 0.3) is 0 Å². The van der Waals surface area contributed by atoms with Crippen molar-refractivity contribution in [1.29, 1.82) is 0 Å². The van der Waals surface area contributed by atoms with Gasteiger partial charge in [-0.2, -0.15) is 10.1 Å². The first kappa shape index (κ1) is 11.0. The summed E-state index contributed by atoms with van der Waals surface area (Å²) in [6.07, 6.45) is 5.20. The lowest BCUT2D eigenvalue weighted by Gasteiger charge is -2.19. The number of hydrogen-bond acceptors (Lipinski definition) is 5. The first-order valence-corrected chi connectivity index (χ1v) is 6.19.